The van der Waals surface area contributed by atoms with Gasteiger partial charge in [0, 0.05) is 6.20 Å². The third-order valence-corrected chi connectivity index (χ3v) is 4.72. The highest BCUT2D eigenvalue weighted by Gasteiger charge is 2.46. The molecule has 1 aliphatic heterocycles. The first-order chi connectivity index (χ1) is 10.7. The maximum Gasteiger partial charge on any atom is 0.257 e. The summed E-state index contributed by atoms with van der Waals surface area (Å²) in [6, 6.07) is 5.58. The molecule has 1 saturated heterocycles. The third-order valence-electron chi connectivity index (χ3n) is 3.83. The number of H-pyrrole nitrogens is 2. The summed E-state index contributed by atoms with van der Waals surface area (Å²) in [6.07, 6.45) is 3.12. The number of β-amino-alcohol motifs (C(OH)–C–C–N with tert-alkyl or cyclic N) is 1. The monoisotopic (exact) mass is 315 g/mol. The minimum absolute atomic E-state index is 0.138. The number of nitrogens with zero attached hydrogens (tertiary/aromatic N) is 3. The molecule has 0 bridgehead atoms. The fourth-order valence-electron chi connectivity index (χ4n) is 2.64. The molecular formula is C14H13N5O2S. The van der Waals surface area contributed by atoms with Gasteiger partial charge in [-0.2, -0.15) is 10.2 Å². The standard InChI is InChI=1S/C14H13N5O2S/c20-13(9-6-16-18-12(9)10-2-1-5-22-10)19-7-14(21,8-19)11-3-4-15-17-11/h1-6,21H,7-8H2,(H,15,17)(H,16,18). The Hall–Kier alpha value is -2.45. The molecule has 7 nitrogen and oxygen atoms in total. The molecule has 3 aromatic heterocycles. The lowest BCUT2D eigenvalue weighted by Gasteiger charge is -2.45. The third kappa shape index (κ3) is 1.96. The summed E-state index contributed by atoms with van der Waals surface area (Å²) in [5.74, 6) is -0.138. The molecule has 8 heteroatoms. The Labute approximate surface area is 129 Å². The van der Waals surface area contributed by atoms with E-state index in [1.54, 1.807) is 28.5 Å². The second kappa shape index (κ2) is 4.79. The van der Waals surface area contributed by atoms with Crippen LogP contribution in [0.1, 0.15) is 16.1 Å². The van der Waals surface area contributed by atoms with E-state index in [-0.39, 0.29) is 19.0 Å². The van der Waals surface area contributed by atoms with Crippen molar-refractivity contribution in [2.45, 2.75) is 5.60 Å². The van der Waals surface area contributed by atoms with Gasteiger partial charge in [-0.05, 0) is 17.5 Å². The highest BCUT2D eigenvalue weighted by molar-refractivity contribution is 7.13. The fourth-order valence-corrected chi connectivity index (χ4v) is 3.38. The summed E-state index contributed by atoms with van der Waals surface area (Å²) in [5, 5.41) is 25.8. The molecule has 3 N–H and O–H groups in total. The molecule has 22 heavy (non-hydrogen) atoms. The normalized spacial score (nSPS) is 16.5. The van der Waals surface area contributed by atoms with E-state index in [9.17, 15) is 9.90 Å². The Morgan fingerprint density at radius 3 is 2.86 bits per heavy atom. The summed E-state index contributed by atoms with van der Waals surface area (Å²) in [7, 11) is 0. The number of thiophene rings is 1. The Kier molecular flexibility index (Phi) is 2.88. The van der Waals surface area contributed by atoms with Gasteiger partial charge in [0.2, 0.25) is 0 Å². The van der Waals surface area contributed by atoms with Crippen molar-refractivity contribution in [1.82, 2.24) is 25.3 Å². The quantitative estimate of drug-likeness (QED) is 0.676. The van der Waals surface area contributed by atoms with Crippen LogP contribution < -0.4 is 0 Å². The van der Waals surface area contributed by atoms with Crippen molar-refractivity contribution in [3.8, 4) is 10.6 Å². The maximum absolute atomic E-state index is 12.6. The molecule has 3 aromatic rings. The van der Waals surface area contributed by atoms with Crippen LogP contribution in [-0.2, 0) is 5.60 Å². The molecule has 4 heterocycles. The molecule has 0 saturated carbocycles. The van der Waals surface area contributed by atoms with Crippen LogP contribution in [0, 0.1) is 0 Å². The second-order valence-electron chi connectivity index (χ2n) is 5.30. The van der Waals surface area contributed by atoms with Gasteiger partial charge in [-0.15, -0.1) is 11.3 Å². The van der Waals surface area contributed by atoms with Gasteiger partial charge >= 0.3 is 0 Å². The minimum Gasteiger partial charge on any atom is -0.380 e. The summed E-state index contributed by atoms with van der Waals surface area (Å²) < 4.78 is 0. The van der Waals surface area contributed by atoms with Crippen molar-refractivity contribution >= 4 is 17.2 Å². The predicted molar refractivity (Wildman–Crippen MR) is 80.3 cm³/mol. The van der Waals surface area contributed by atoms with E-state index in [0.717, 1.165) is 10.6 Å². The Morgan fingerprint density at radius 1 is 1.32 bits per heavy atom. The number of carbonyl (C=O) groups is 1. The number of aromatic nitrogens is 4. The molecule has 0 atom stereocenters. The minimum atomic E-state index is -1.04. The van der Waals surface area contributed by atoms with Crippen LogP contribution in [0.4, 0.5) is 0 Å². The average Bonchev–Trinajstić information content (AvgIpc) is 3.24. The number of aromatic amines is 2. The summed E-state index contributed by atoms with van der Waals surface area (Å²) >= 11 is 1.54. The van der Waals surface area contributed by atoms with Gasteiger partial charge < -0.3 is 10.0 Å². The number of rotatable bonds is 3. The number of hydrogen-bond donors (Lipinski definition) is 3. The highest BCUT2D eigenvalue weighted by atomic mass is 32.1. The molecule has 0 aliphatic carbocycles. The summed E-state index contributed by atoms with van der Waals surface area (Å²) in [5.41, 5.74) is 0.826. The van der Waals surface area contributed by atoms with E-state index < -0.39 is 5.60 Å². The van der Waals surface area contributed by atoms with Gasteiger partial charge in [0.15, 0.2) is 0 Å². The maximum atomic E-state index is 12.6. The second-order valence-corrected chi connectivity index (χ2v) is 6.25. The van der Waals surface area contributed by atoms with Gasteiger partial charge in [0.1, 0.15) is 5.60 Å². The van der Waals surface area contributed by atoms with Gasteiger partial charge in [0.05, 0.1) is 41.1 Å². The van der Waals surface area contributed by atoms with Crippen molar-refractivity contribution in [3.05, 3.63) is 47.2 Å². The molecule has 0 spiro atoms. The number of hydrogen-bond acceptors (Lipinski definition) is 5. The van der Waals surface area contributed by atoms with Crippen LogP contribution in [0.25, 0.3) is 10.6 Å². The smallest absolute Gasteiger partial charge is 0.257 e. The molecule has 1 amide bonds. The van der Waals surface area contributed by atoms with Crippen LogP contribution in [-0.4, -0.2) is 49.4 Å². The van der Waals surface area contributed by atoms with Gasteiger partial charge in [0.25, 0.3) is 5.91 Å². The number of aliphatic hydroxyl groups is 1. The van der Waals surface area contributed by atoms with Crippen LogP contribution in [0.3, 0.4) is 0 Å². The molecular weight excluding hydrogens is 302 g/mol. The first kappa shape index (κ1) is 13.2. The SMILES string of the molecule is O=C(c1cn[nH]c1-c1cccs1)N1CC(O)(c2ccn[nH]2)C1. The molecule has 1 fully saturated rings. The van der Waals surface area contributed by atoms with Gasteiger partial charge in [-0.3, -0.25) is 15.0 Å². The molecule has 0 radical (unpaired) electrons. The van der Waals surface area contributed by atoms with Crippen molar-refractivity contribution < 1.29 is 9.90 Å². The largest absolute Gasteiger partial charge is 0.380 e. The van der Waals surface area contributed by atoms with Crippen molar-refractivity contribution in [1.29, 1.82) is 0 Å². The molecule has 112 valence electrons. The zero-order valence-corrected chi connectivity index (χ0v) is 12.3. The van der Waals surface area contributed by atoms with Crippen LogP contribution in [0.15, 0.2) is 36.0 Å². The summed E-state index contributed by atoms with van der Waals surface area (Å²) in [6.45, 7) is 0.478. The van der Waals surface area contributed by atoms with E-state index in [1.807, 2.05) is 17.5 Å². The van der Waals surface area contributed by atoms with Crippen molar-refractivity contribution in [2.24, 2.45) is 0 Å². The van der Waals surface area contributed by atoms with Gasteiger partial charge in [-0.1, -0.05) is 6.07 Å². The van der Waals surface area contributed by atoms with E-state index in [1.165, 1.54) is 6.20 Å². The first-order valence-corrected chi connectivity index (χ1v) is 7.64. The predicted octanol–water partition coefficient (Wildman–Crippen LogP) is 1.20. The lowest BCUT2D eigenvalue weighted by atomic mass is 9.90. The zero-order valence-electron chi connectivity index (χ0n) is 11.5. The van der Waals surface area contributed by atoms with Crippen LogP contribution in [0.2, 0.25) is 0 Å². The fraction of sp³-hybridized carbons (Fsp3) is 0.214. The molecule has 1 aliphatic rings. The Balaban J connectivity index is 1.54. The Morgan fingerprint density at radius 2 is 2.18 bits per heavy atom. The van der Waals surface area contributed by atoms with Crippen molar-refractivity contribution in [3.63, 3.8) is 0 Å². The van der Waals surface area contributed by atoms with Crippen LogP contribution in [0.5, 0.6) is 0 Å². The van der Waals surface area contributed by atoms with E-state index in [2.05, 4.69) is 20.4 Å². The van der Waals surface area contributed by atoms with E-state index >= 15 is 0 Å². The first-order valence-electron chi connectivity index (χ1n) is 6.76. The lowest BCUT2D eigenvalue weighted by Crippen LogP contribution is -2.61. The number of nitrogens with one attached hydrogen (secondary N) is 2. The van der Waals surface area contributed by atoms with Gasteiger partial charge in [-0.25, -0.2) is 0 Å². The Bertz CT molecular complexity index is 787. The summed E-state index contributed by atoms with van der Waals surface area (Å²) in [4.78, 5) is 15.2. The number of likely N-dealkylation sites (tertiary alicyclic amines) is 1. The average molecular weight is 315 g/mol. The van der Waals surface area contributed by atoms with Crippen LogP contribution >= 0.6 is 11.3 Å². The lowest BCUT2D eigenvalue weighted by molar-refractivity contribution is -0.0892. The highest BCUT2D eigenvalue weighted by Crippen LogP contribution is 2.33. The zero-order chi connectivity index (χ0) is 15.2. The molecule has 4 rings (SSSR count). The number of amides is 1. The molecule has 0 unspecified atom stereocenters. The van der Waals surface area contributed by atoms with Crippen molar-refractivity contribution in [2.75, 3.05) is 13.1 Å². The molecule has 0 aromatic carbocycles. The number of carbonyl (C=O) groups excluding carboxylic acids is 1. The van der Waals surface area contributed by atoms with E-state index in [0.29, 0.717) is 11.3 Å². The topological polar surface area (TPSA) is 97.9 Å². The van der Waals surface area contributed by atoms with E-state index in [4.69, 9.17) is 0 Å².